The highest BCUT2D eigenvalue weighted by Crippen LogP contribution is 2.67. The predicted octanol–water partition coefficient (Wildman–Crippen LogP) is 3.79. The van der Waals surface area contributed by atoms with Gasteiger partial charge in [-0.05, 0) is 74.0 Å². The molecule has 24 heavy (non-hydrogen) atoms. The molecule has 0 spiro atoms. The van der Waals surface area contributed by atoms with Crippen molar-refractivity contribution >= 4 is 11.6 Å². The monoisotopic (exact) mass is 330 g/mol. The van der Waals surface area contributed by atoms with Gasteiger partial charge in [0.25, 0.3) is 0 Å². The van der Waals surface area contributed by atoms with Gasteiger partial charge in [-0.1, -0.05) is 13.8 Å². The van der Waals surface area contributed by atoms with Crippen molar-refractivity contribution in [2.24, 2.45) is 40.4 Å². The minimum absolute atomic E-state index is 0.0689. The quantitative estimate of drug-likeness (QED) is 0.687. The molecule has 5 fully saturated rings. The number of Topliss-reactive ketones (excluding diaryl/α,β-unsaturated/α-hetero) is 2. The van der Waals surface area contributed by atoms with Crippen molar-refractivity contribution in [3.63, 3.8) is 0 Å². The molecule has 0 N–H and O–H groups in total. The number of ketones is 2. The van der Waals surface area contributed by atoms with E-state index >= 15 is 0 Å². The summed E-state index contributed by atoms with van der Waals surface area (Å²) in [5, 5.41) is 0. The molecule has 0 aromatic heterocycles. The standard InChI is InChI=1S/C21H30O3/c1-11(22)14-6-7-15-13-5-4-12-8-17-18(24-17)10-20(12,2)19(13)16(23)9-21(14,15)3/h12-15,17-19H,4-10H2,1-3H3/t12?,13-,14+,15-,17?,18?,19+,20-,21+/m0/s1. The highest BCUT2D eigenvalue weighted by Gasteiger charge is 2.66. The fourth-order valence-electron chi connectivity index (χ4n) is 8.01. The minimum Gasteiger partial charge on any atom is -0.370 e. The Morgan fingerprint density at radius 1 is 1.08 bits per heavy atom. The van der Waals surface area contributed by atoms with Gasteiger partial charge in [0.15, 0.2) is 0 Å². The molecular weight excluding hydrogens is 300 g/mol. The number of ether oxygens (including phenoxy) is 1. The van der Waals surface area contributed by atoms with Gasteiger partial charge in [-0.3, -0.25) is 9.59 Å². The number of carbonyl (C=O) groups excluding carboxylic acids is 2. The summed E-state index contributed by atoms with van der Waals surface area (Å²) in [5.74, 6) is 2.87. The minimum atomic E-state index is -0.0689. The van der Waals surface area contributed by atoms with Crippen LogP contribution in [0.15, 0.2) is 0 Å². The highest BCUT2D eigenvalue weighted by molar-refractivity contribution is 5.87. The van der Waals surface area contributed by atoms with Gasteiger partial charge in [0, 0.05) is 18.3 Å². The zero-order valence-corrected chi connectivity index (χ0v) is 15.2. The van der Waals surface area contributed by atoms with E-state index in [1.807, 2.05) is 0 Å². The Morgan fingerprint density at radius 2 is 1.88 bits per heavy atom. The van der Waals surface area contributed by atoms with Crippen molar-refractivity contribution in [1.82, 2.24) is 0 Å². The lowest BCUT2D eigenvalue weighted by Gasteiger charge is -2.58. The van der Waals surface area contributed by atoms with E-state index in [1.165, 1.54) is 19.3 Å². The van der Waals surface area contributed by atoms with Crippen LogP contribution in [0.3, 0.4) is 0 Å². The molecule has 132 valence electrons. The lowest BCUT2D eigenvalue weighted by molar-refractivity contribution is -0.157. The molecule has 3 nitrogen and oxygen atoms in total. The molecule has 0 aromatic rings. The molecule has 3 unspecified atom stereocenters. The van der Waals surface area contributed by atoms with E-state index in [2.05, 4.69) is 13.8 Å². The summed E-state index contributed by atoms with van der Waals surface area (Å²) < 4.78 is 5.85. The average molecular weight is 330 g/mol. The summed E-state index contributed by atoms with van der Waals surface area (Å²) in [6.07, 6.45) is 8.44. The predicted molar refractivity (Wildman–Crippen MR) is 90.3 cm³/mol. The van der Waals surface area contributed by atoms with E-state index in [-0.39, 0.29) is 22.7 Å². The van der Waals surface area contributed by atoms with E-state index < -0.39 is 0 Å². The molecule has 1 heterocycles. The fraction of sp³-hybridized carbons (Fsp3) is 0.905. The van der Waals surface area contributed by atoms with Gasteiger partial charge in [-0.15, -0.1) is 0 Å². The Labute approximate surface area is 144 Å². The molecule has 0 bridgehead atoms. The zero-order chi connectivity index (χ0) is 16.9. The van der Waals surface area contributed by atoms with Crippen LogP contribution in [0.5, 0.6) is 0 Å². The number of fused-ring (bicyclic) bond motifs is 6. The molecule has 0 aromatic carbocycles. The second-order valence-electron chi connectivity index (χ2n) is 10.1. The van der Waals surface area contributed by atoms with Crippen LogP contribution in [0.4, 0.5) is 0 Å². The lowest BCUT2D eigenvalue weighted by atomic mass is 9.44. The first-order valence-corrected chi connectivity index (χ1v) is 10.0. The van der Waals surface area contributed by atoms with Gasteiger partial charge in [0.1, 0.15) is 11.6 Å². The van der Waals surface area contributed by atoms with E-state index in [4.69, 9.17) is 4.74 Å². The van der Waals surface area contributed by atoms with Crippen LogP contribution in [0.1, 0.15) is 65.7 Å². The van der Waals surface area contributed by atoms with Gasteiger partial charge >= 0.3 is 0 Å². The van der Waals surface area contributed by atoms with Gasteiger partial charge < -0.3 is 4.74 Å². The number of rotatable bonds is 1. The van der Waals surface area contributed by atoms with Crippen LogP contribution in [0.2, 0.25) is 0 Å². The van der Waals surface area contributed by atoms with Crippen LogP contribution in [-0.2, 0) is 14.3 Å². The van der Waals surface area contributed by atoms with E-state index in [9.17, 15) is 9.59 Å². The number of carbonyl (C=O) groups is 2. The van der Waals surface area contributed by atoms with Crippen molar-refractivity contribution in [2.45, 2.75) is 77.9 Å². The van der Waals surface area contributed by atoms with Crippen molar-refractivity contribution < 1.29 is 14.3 Å². The third kappa shape index (κ3) is 1.83. The summed E-state index contributed by atoms with van der Waals surface area (Å²) in [5.41, 5.74) is 0.0773. The molecule has 0 radical (unpaired) electrons. The van der Waals surface area contributed by atoms with Crippen LogP contribution < -0.4 is 0 Å². The third-order valence-corrected chi connectivity index (χ3v) is 9.08. The first-order chi connectivity index (χ1) is 11.3. The summed E-state index contributed by atoms with van der Waals surface area (Å²) in [4.78, 5) is 25.6. The van der Waals surface area contributed by atoms with Gasteiger partial charge in [-0.25, -0.2) is 0 Å². The lowest BCUT2D eigenvalue weighted by Crippen LogP contribution is -2.57. The maximum absolute atomic E-state index is 13.4. The van der Waals surface area contributed by atoms with Crippen LogP contribution in [0.25, 0.3) is 0 Å². The Hall–Kier alpha value is -0.700. The maximum Gasteiger partial charge on any atom is 0.137 e. The highest BCUT2D eigenvalue weighted by atomic mass is 16.6. The Bertz CT molecular complexity index is 612. The molecule has 0 amide bonds. The van der Waals surface area contributed by atoms with E-state index in [0.29, 0.717) is 47.9 Å². The Morgan fingerprint density at radius 3 is 2.62 bits per heavy atom. The summed E-state index contributed by atoms with van der Waals surface area (Å²) in [7, 11) is 0. The zero-order valence-electron chi connectivity index (χ0n) is 15.2. The third-order valence-electron chi connectivity index (χ3n) is 9.08. The van der Waals surface area contributed by atoms with Gasteiger partial charge in [0.05, 0.1) is 12.2 Å². The van der Waals surface area contributed by atoms with Crippen LogP contribution in [-0.4, -0.2) is 23.8 Å². The fourth-order valence-corrected chi connectivity index (χ4v) is 8.01. The largest absolute Gasteiger partial charge is 0.370 e. The first kappa shape index (κ1) is 15.5. The second-order valence-corrected chi connectivity index (χ2v) is 10.1. The number of epoxide rings is 1. The summed E-state index contributed by atoms with van der Waals surface area (Å²) in [6.45, 7) is 6.38. The normalized spacial score (nSPS) is 58.3. The van der Waals surface area contributed by atoms with Crippen molar-refractivity contribution in [1.29, 1.82) is 0 Å². The molecular formula is C21H30O3. The molecule has 9 atom stereocenters. The van der Waals surface area contributed by atoms with E-state index in [0.717, 1.165) is 19.3 Å². The van der Waals surface area contributed by atoms with Crippen LogP contribution >= 0.6 is 0 Å². The molecule has 5 rings (SSSR count). The molecule has 1 saturated heterocycles. The topological polar surface area (TPSA) is 46.7 Å². The second kappa shape index (κ2) is 4.72. The van der Waals surface area contributed by atoms with Crippen molar-refractivity contribution in [3.05, 3.63) is 0 Å². The Balaban J connectivity index is 1.51. The van der Waals surface area contributed by atoms with Crippen LogP contribution in [0, 0.1) is 40.4 Å². The molecule has 5 aliphatic rings. The smallest absolute Gasteiger partial charge is 0.137 e. The Kier molecular flexibility index (Phi) is 3.06. The average Bonchev–Trinajstić information content (AvgIpc) is 3.13. The molecule has 4 aliphatic carbocycles. The molecule has 1 aliphatic heterocycles. The van der Waals surface area contributed by atoms with Gasteiger partial charge in [0.2, 0.25) is 0 Å². The van der Waals surface area contributed by atoms with Crippen molar-refractivity contribution in [3.8, 4) is 0 Å². The SMILES string of the molecule is CC(=O)[C@H]1CC[C@H]2[C@@H]3CCC4CC5OC5C[C@]4(C)[C@H]3C(=O)C[C@]12C. The van der Waals surface area contributed by atoms with E-state index in [1.54, 1.807) is 6.92 Å². The summed E-state index contributed by atoms with van der Waals surface area (Å²) >= 11 is 0. The summed E-state index contributed by atoms with van der Waals surface area (Å²) in [6, 6.07) is 0. The van der Waals surface area contributed by atoms with Crippen molar-refractivity contribution in [2.75, 3.05) is 0 Å². The molecule has 3 heteroatoms. The van der Waals surface area contributed by atoms with Gasteiger partial charge in [-0.2, -0.15) is 0 Å². The maximum atomic E-state index is 13.4. The number of hydrogen-bond acceptors (Lipinski definition) is 3. The first-order valence-electron chi connectivity index (χ1n) is 10.0. The number of hydrogen-bond donors (Lipinski definition) is 0. The molecule has 4 saturated carbocycles.